The van der Waals surface area contributed by atoms with Gasteiger partial charge in [0.1, 0.15) is 0 Å². The quantitative estimate of drug-likeness (QED) is 0.589. The van der Waals surface area contributed by atoms with Crippen LogP contribution >= 0.6 is 0 Å². The van der Waals surface area contributed by atoms with Gasteiger partial charge in [-0.3, -0.25) is 0 Å². The molecule has 0 nitrogen and oxygen atoms in total. The van der Waals surface area contributed by atoms with Gasteiger partial charge in [-0.1, -0.05) is 25.1 Å². The van der Waals surface area contributed by atoms with Crippen LogP contribution in [0.25, 0.3) is 0 Å². The summed E-state index contributed by atoms with van der Waals surface area (Å²) in [5, 5.41) is 0. The van der Waals surface area contributed by atoms with E-state index < -0.39 is 0 Å². The minimum atomic E-state index is 0.696. The lowest BCUT2D eigenvalue weighted by molar-refractivity contribution is 0.590. The molecule has 0 amide bonds. The van der Waals surface area contributed by atoms with Crippen LogP contribution in [0.2, 0.25) is 0 Å². The van der Waals surface area contributed by atoms with Crippen molar-refractivity contribution in [1.29, 1.82) is 0 Å². The normalized spacial score (nSPS) is 21.8. The van der Waals surface area contributed by atoms with E-state index in [-0.39, 0.29) is 0 Å². The van der Waals surface area contributed by atoms with Crippen LogP contribution in [0.5, 0.6) is 0 Å². The lowest BCUT2D eigenvalue weighted by Gasteiger charge is -2.32. The van der Waals surface area contributed by atoms with E-state index in [9.17, 15) is 0 Å². The highest BCUT2D eigenvalue weighted by atomic mass is 14.6. The van der Waals surface area contributed by atoms with Crippen LogP contribution in [0.3, 0.4) is 0 Å². The lowest BCUT2D eigenvalue weighted by atomic mass is 9.71. The average Bonchev–Trinajstić information content (AvgIpc) is 2.83. The van der Waals surface area contributed by atoms with Gasteiger partial charge in [0.25, 0.3) is 0 Å². The molecule has 1 saturated carbocycles. The van der Waals surface area contributed by atoms with Crippen molar-refractivity contribution in [3.63, 3.8) is 0 Å². The van der Waals surface area contributed by atoms with Crippen molar-refractivity contribution in [3.05, 3.63) is 34.9 Å². The average molecular weight is 158 g/mol. The molecule has 0 N–H and O–H groups in total. The third-order valence-electron chi connectivity index (χ3n) is 3.53. The summed E-state index contributed by atoms with van der Waals surface area (Å²) in [5.74, 6) is 0. The number of benzene rings is 1. The van der Waals surface area contributed by atoms with Crippen LogP contribution in [0.1, 0.15) is 36.5 Å². The molecule has 1 spiro atoms. The summed E-state index contributed by atoms with van der Waals surface area (Å²) >= 11 is 0. The number of hydrogen-bond acceptors (Lipinski definition) is 0. The Morgan fingerprint density at radius 1 is 1.33 bits per heavy atom. The molecule has 1 fully saturated rings. The summed E-state index contributed by atoms with van der Waals surface area (Å²) in [5.41, 5.74) is 5.66. The zero-order valence-electron chi connectivity index (χ0n) is 7.56. The molecular weight excluding hydrogens is 144 g/mol. The molecule has 0 radical (unpaired) electrons. The van der Waals surface area contributed by atoms with E-state index >= 15 is 0 Å². The zero-order chi connectivity index (χ0) is 8.18. The first-order valence-corrected chi connectivity index (χ1v) is 4.97. The van der Waals surface area contributed by atoms with Crippen LogP contribution in [0.15, 0.2) is 18.2 Å². The topological polar surface area (TPSA) is 0 Å². The molecule has 3 rings (SSSR count). The molecule has 1 aromatic rings. The SMILES string of the molecule is CCc1cccc2c1C1(CC1)C2. The van der Waals surface area contributed by atoms with Crippen LogP contribution in [-0.4, -0.2) is 0 Å². The van der Waals surface area contributed by atoms with E-state index in [1.54, 1.807) is 16.7 Å². The summed E-state index contributed by atoms with van der Waals surface area (Å²) in [6.07, 6.45) is 5.50. The Morgan fingerprint density at radius 3 is 2.83 bits per heavy atom. The molecule has 0 saturated heterocycles. The molecule has 0 heterocycles. The highest BCUT2D eigenvalue weighted by Gasteiger charge is 2.52. The molecule has 1 aromatic carbocycles. The van der Waals surface area contributed by atoms with Crippen molar-refractivity contribution < 1.29 is 0 Å². The smallest absolute Gasteiger partial charge is 0.0000451 e. The van der Waals surface area contributed by atoms with Gasteiger partial charge in [0, 0.05) is 0 Å². The van der Waals surface area contributed by atoms with Gasteiger partial charge >= 0.3 is 0 Å². The maximum absolute atomic E-state index is 2.30. The summed E-state index contributed by atoms with van der Waals surface area (Å²) in [6, 6.07) is 6.82. The van der Waals surface area contributed by atoms with E-state index in [4.69, 9.17) is 0 Å². The Hall–Kier alpha value is -0.780. The number of aryl methyl sites for hydroxylation is 1. The maximum Gasteiger partial charge on any atom is -0.0000451 e. The van der Waals surface area contributed by atoms with Gasteiger partial charge in [0.05, 0.1) is 0 Å². The fourth-order valence-corrected chi connectivity index (χ4v) is 2.70. The van der Waals surface area contributed by atoms with Gasteiger partial charge in [0.2, 0.25) is 0 Å². The van der Waals surface area contributed by atoms with Crippen LogP contribution in [0.4, 0.5) is 0 Å². The molecule has 2 aliphatic carbocycles. The van der Waals surface area contributed by atoms with Crippen molar-refractivity contribution >= 4 is 0 Å². The van der Waals surface area contributed by atoms with Gasteiger partial charge in [-0.2, -0.15) is 0 Å². The van der Waals surface area contributed by atoms with Crippen LogP contribution in [0, 0.1) is 0 Å². The minimum Gasteiger partial charge on any atom is -0.0617 e. The summed E-state index contributed by atoms with van der Waals surface area (Å²) < 4.78 is 0. The Labute approximate surface area is 73.6 Å². The van der Waals surface area contributed by atoms with E-state index in [0.717, 1.165) is 0 Å². The zero-order valence-corrected chi connectivity index (χ0v) is 7.56. The van der Waals surface area contributed by atoms with Gasteiger partial charge in [0.15, 0.2) is 0 Å². The highest BCUT2D eigenvalue weighted by molar-refractivity contribution is 5.53. The lowest BCUT2D eigenvalue weighted by Crippen LogP contribution is -2.26. The second-order valence-electron chi connectivity index (χ2n) is 4.26. The van der Waals surface area contributed by atoms with E-state index in [0.29, 0.717) is 5.41 Å². The number of hydrogen-bond donors (Lipinski definition) is 0. The second kappa shape index (κ2) is 1.93. The predicted molar refractivity (Wildman–Crippen MR) is 50.4 cm³/mol. The fourth-order valence-electron chi connectivity index (χ4n) is 2.70. The molecule has 0 atom stereocenters. The molecule has 62 valence electrons. The molecule has 0 aromatic heterocycles. The Morgan fingerprint density at radius 2 is 2.17 bits per heavy atom. The van der Waals surface area contributed by atoms with E-state index in [1.165, 1.54) is 25.7 Å². The van der Waals surface area contributed by atoms with E-state index in [1.807, 2.05) is 0 Å². The van der Waals surface area contributed by atoms with Gasteiger partial charge in [-0.25, -0.2) is 0 Å². The molecular formula is C12H14. The number of fused-ring (bicyclic) bond motifs is 2. The fraction of sp³-hybridized carbons (Fsp3) is 0.500. The van der Waals surface area contributed by atoms with Crippen molar-refractivity contribution in [2.24, 2.45) is 0 Å². The summed E-state index contributed by atoms with van der Waals surface area (Å²) in [6.45, 7) is 2.27. The van der Waals surface area contributed by atoms with Gasteiger partial charge in [-0.15, -0.1) is 0 Å². The molecule has 0 unspecified atom stereocenters. The van der Waals surface area contributed by atoms with Crippen molar-refractivity contribution in [3.8, 4) is 0 Å². The first kappa shape index (κ1) is 6.71. The molecule has 12 heavy (non-hydrogen) atoms. The first-order valence-electron chi connectivity index (χ1n) is 4.97. The maximum atomic E-state index is 2.30. The molecule has 0 bridgehead atoms. The van der Waals surface area contributed by atoms with Crippen molar-refractivity contribution in [2.75, 3.05) is 0 Å². The molecule has 0 heteroatoms. The molecule has 0 aliphatic heterocycles. The predicted octanol–water partition coefficient (Wildman–Crippen LogP) is 2.84. The van der Waals surface area contributed by atoms with E-state index in [2.05, 4.69) is 25.1 Å². The van der Waals surface area contributed by atoms with Crippen LogP contribution in [-0.2, 0) is 18.3 Å². The van der Waals surface area contributed by atoms with Gasteiger partial charge < -0.3 is 0 Å². The highest BCUT2D eigenvalue weighted by Crippen LogP contribution is 2.59. The third-order valence-corrected chi connectivity index (χ3v) is 3.53. The van der Waals surface area contributed by atoms with Gasteiger partial charge in [-0.05, 0) is 47.8 Å². The van der Waals surface area contributed by atoms with Crippen molar-refractivity contribution in [1.82, 2.24) is 0 Å². The summed E-state index contributed by atoms with van der Waals surface area (Å²) in [4.78, 5) is 0. The third kappa shape index (κ3) is 0.639. The monoisotopic (exact) mass is 158 g/mol. The first-order chi connectivity index (χ1) is 5.86. The Bertz CT molecular complexity index is 332. The number of rotatable bonds is 1. The Kier molecular flexibility index (Phi) is 1.08. The standard InChI is InChI=1S/C12H14/c1-2-9-4-3-5-10-8-12(6-7-12)11(9)10/h3-5H,2,6-8H2,1H3. The van der Waals surface area contributed by atoms with Crippen molar-refractivity contribution in [2.45, 2.75) is 38.0 Å². The van der Waals surface area contributed by atoms with Crippen LogP contribution < -0.4 is 0 Å². The second-order valence-corrected chi connectivity index (χ2v) is 4.26. The summed E-state index contributed by atoms with van der Waals surface area (Å²) in [7, 11) is 0. The Balaban J connectivity index is 2.18. The minimum absolute atomic E-state index is 0.696. The molecule has 2 aliphatic rings. The largest absolute Gasteiger partial charge is 0.0617 e.